The van der Waals surface area contributed by atoms with Gasteiger partial charge in [0.05, 0.1) is 4.90 Å². The fourth-order valence-electron chi connectivity index (χ4n) is 2.08. The van der Waals surface area contributed by atoms with Crippen LogP contribution in [0.25, 0.3) is 0 Å². The molecular weight excluding hydrogens is 300 g/mol. The van der Waals surface area contributed by atoms with Crippen LogP contribution in [-0.2, 0) is 14.8 Å². The Bertz CT molecular complexity index is 612. The van der Waals surface area contributed by atoms with Gasteiger partial charge in [0, 0.05) is 26.6 Å². The van der Waals surface area contributed by atoms with Crippen LogP contribution in [-0.4, -0.2) is 39.4 Å². The first-order valence-corrected chi connectivity index (χ1v) is 9.07. The summed E-state index contributed by atoms with van der Waals surface area (Å²) < 4.78 is 27.1. The third-order valence-corrected chi connectivity index (χ3v) is 5.14. The number of hydrogen-bond acceptors (Lipinski definition) is 3. The summed E-state index contributed by atoms with van der Waals surface area (Å²) in [4.78, 5) is 13.8. The Morgan fingerprint density at radius 3 is 2.59 bits per heavy atom. The van der Waals surface area contributed by atoms with E-state index in [9.17, 15) is 13.2 Å². The zero-order chi connectivity index (χ0) is 16.8. The number of benzene rings is 1. The van der Waals surface area contributed by atoms with E-state index in [0.717, 1.165) is 18.4 Å². The Morgan fingerprint density at radius 1 is 1.27 bits per heavy atom. The summed E-state index contributed by atoms with van der Waals surface area (Å²) >= 11 is 0. The number of carbonyl (C=O) groups excluding carboxylic acids is 1. The van der Waals surface area contributed by atoms with Gasteiger partial charge in [0.2, 0.25) is 15.9 Å². The van der Waals surface area contributed by atoms with E-state index in [1.165, 1.54) is 0 Å². The minimum atomic E-state index is -3.57. The number of aryl methyl sites for hydroxylation is 2. The second-order valence-corrected chi connectivity index (χ2v) is 7.32. The fourth-order valence-corrected chi connectivity index (χ4v) is 3.44. The van der Waals surface area contributed by atoms with Gasteiger partial charge in [-0.05, 0) is 37.5 Å². The van der Waals surface area contributed by atoms with Crippen LogP contribution < -0.4 is 4.72 Å². The van der Waals surface area contributed by atoms with Crippen molar-refractivity contribution < 1.29 is 13.2 Å². The van der Waals surface area contributed by atoms with Crippen LogP contribution in [0.5, 0.6) is 0 Å². The summed E-state index contributed by atoms with van der Waals surface area (Å²) in [5, 5.41) is 0. The molecule has 1 aromatic carbocycles. The van der Waals surface area contributed by atoms with Gasteiger partial charge < -0.3 is 4.90 Å². The minimum Gasteiger partial charge on any atom is -0.346 e. The third kappa shape index (κ3) is 5.42. The standard InChI is InChI=1S/C16H26N2O3S/c1-5-6-11-18(4)16(19)9-10-17-22(20,21)15-12-13(2)7-8-14(15)3/h7-8,12,17H,5-6,9-11H2,1-4H3. The van der Waals surface area contributed by atoms with Crippen molar-refractivity contribution in [2.24, 2.45) is 0 Å². The smallest absolute Gasteiger partial charge is 0.240 e. The van der Waals surface area contributed by atoms with Crippen LogP contribution in [0.3, 0.4) is 0 Å². The summed E-state index contributed by atoms with van der Waals surface area (Å²) in [6, 6.07) is 5.31. The molecule has 0 atom stereocenters. The van der Waals surface area contributed by atoms with E-state index < -0.39 is 10.0 Å². The van der Waals surface area contributed by atoms with Crippen LogP contribution >= 0.6 is 0 Å². The fraction of sp³-hybridized carbons (Fsp3) is 0.562. The van der Waals surface area contributed by atoms with Crippen LogP contribution in [0.15, 0.2) is 23.1 Å². The van der Waals surface area contributed by atoms with Gasteiger partial charge in [-0.2, -0.15) is 0 Å². The first-order valence-electron chi connectivity index (χ1n) is 7.59. The number of nitrogens with one attached hydrogen (secondary N) is 1. The van der Waals surface area contributed by atoms with E-state index >= 15 is 0 Å². The molecule has 0 saturated carbocycles. The summed E-state index contributed by atoms with van der Waals surface area (Å²) in [7, 11) is -1.83. The molecule has 124 valence electrons. The minimum absolute atomic E-state index is 0.0443. The van der Waals surface area contributed by atoms with Gasteiger partial charge in [-0.1, -0.05) is 25.5 Å². The van der Waals surface area contributed by atoms with Gasteiger partial charge in [0.1, 0.15) is 0 Å². The van der Waals surface area contributed by atoms with Gasteiger partial charge in [0.15, 0.2) is 0 Å². The lowest BCUT2D eigenvalue weighted by molar-refractivity contribution is -0.129. The van der Waals surface area contributed by atoms with E-state index in [0.29, 0.717) is 12.1 Å². The molecule has 0 aromatic heterocycles. The van der Waals surface area contributed by atoms with Gasteiger partial charge >= 0.3 is 0 Å². The van der Waals surface area contributed by atoms with E-state index in [1.807, 2.05) is 13.0 Å². The highest BCUT2D eigenvalue weighted by molar-refractivity contribution is 7.89. The molecule has 22 heavy (non-hydrogen) atoms. The van der Waals surface area contributed by atoms with Gasteiger partial charge in [-0.3, -0.25) is 4.79 Å². The predicted molar refractivity (Wildman–Crippen MR) is 88.3 cm³/mol. The summed E-state index contributed by atoms with van der Waals surface area (Å²) in [6.07, 6.45) is 2.15. The first-order chi connectivity index (χ1) is 10.3. The molecule has 1 aromatic rings. The molecule has 0 radical (unpaired) electrons. The summed E-state index contributed by atoms with van der Waals surface area (Å²) in [6.45, 7) is 6.50. The highest BCUT2D eigenvalue weighted by atomic mass is 32.2. The highest BCUT2D eigenvalue weighted by Crippen LogP contribution is 2.16. The van der Waals surface area contributed by atoms with Crippen molar-refractivity contribution in [3.8, 4) is 0 Å². The average molecular weight is 326 g/mol. The maximum Gasteiger partial charge on any atom is 0.240 e. The normalized spacial score (nSPS) is 11.5. The van der Waals surface area contributed by atoms with Crippen molar-refractivity contribution in [3.05, 3.63) is 29.3 Å². The van der Waals surface area contributed by atoms with Crippen molar-refractivity contribution in [1.29, 1.82) is 0 Å². The number of carbonyl (C=O) groups is 1. The Balaban J connectivity index is 2.60. The number of amides is 1. The van der Waals surface area contributed by atoms with E-state index in [2.05, 4.69) is 11.6 Å². The Hall–Kier alpha value is -1.40. The largest absolute Gasteiger partial charge is 0.346 e. The maximum atomic E-state index is 12.3. The molecule has 1 amide bonds. The van der Waals surface area contributed by atoms with E-state index in [1.54, 1.807) is 31.0 Å². The van der Waals surface area contributed by atoms with E-state index in [-0.39, 0.29) is 23.8 Å². The molecule has 0 aliphatic heterocycles. The molecule has 0 saturated heterocycles. The Labute approximate surface area is 133 Å². The van der Waals surface area contributed by atoms with Crippen LogP contribution in [0.4, 0.5) is 0 Å². The number of rotatable bonds is 8. The number of sulfonamides is 1. The van der Waals surface area contributed by atoms with Gasteiger partial charge in [-0.15, -0.1) is 0 Å². The molecular formula is C16H26N2O3S. The molecule has 0 fully saturated rings. The number of unbranched alkanes of at least 4 members (excludes halogenated alkanes) is 1. The molecule has 1 rings (SSSR count). The number of hydrogen-bond donors (Lipinski definition) is 1. The quantitative estimate of drug-likeness (QED) is 0.796. The molecule has 5 nitrogen and oxygen atoms in total. The van der Waals surface area contributed by atoms with Crippen LogP contribution in [0, 0.1) is 13.8 Å². The van der Waals surface area contributed by atoms with Crippen LogP contribution in [0.2, 0.25) is 0 Å². The summed E-state index contributed by atoms with van der Waals surface area (Å²) in [5.41, 5.74) is 1.59. The monoisotopic (exact) mass is 326 g/mol. The topological polar surface area (TPSA) is 66.5 Å². The predicted octanol–water partition coefficient (Wildman–Crippen LogP) is 2.23. The second-order valence-electron chi connectivity index (χ2n) is 5.59. The SMILES string of the molecule is CCCCN(C)C(=O)CCNS(=O)(=O)c1cc(C)ccc1C. The lowest BCUT2D eigenvalue weighted by Crippen LogP contribution is -2.32. The molecule has 1 N–H and O–H groups in total. The van der Waals surface area contributed by atoms with E-state index in [4.69, 9.17) is 0 Å². The lowest BCUT2D eigenvalue weighted by atomic mass is 10.2. The Morgan fingerprint density at radius 2 is 1.95 bits per heavy atom. The maximum absolute atomic E-state index is 12.3. The zero-order valence-corrected chi connectivity index (χ0v) is 14.7. The molecule has 0 bridgehead atoms. The highest BCUT2D eigenvalue weighted by Gasteiger charge is 2.17. The second kappa shape index (κ2) is 8.29. The molecule has 0 spiro atoms. The van der Waals surface area contributed by atoms with Crippen molar-refractivity contribution in [2.75, 3.05) is 20.1 Å². The molecule has 0 unspecified atom stereocenters. The lowest BCUT2D eigenvalue weighted by Gasteiger charge is -2.17. The van der Waals surface area contributed by atoms with Gasteiger partial charge in [-0.25, -0.2) is 13.1 Å². The summed E-state index contributed by atoms with van der Waals surface area (Å²) in [5.74, 6) is -0.0443. The van der Waals surface area contributed by atoms with Crippen molar-refractivity contribution in [3.63, 3.8) is 0 Å². The number of nitrogens with zero attached hydrogens (tertiary/aromatic N) is 1. The third-order valence-electron chi connectivity index (χ3n) is 3.54. The van der Waals surface area contributed by atoms with Crippen molar-refractivity contribution in [2.45, 2.75) is 44.9 Å². The molecule has 0 heterocycles. The molecule has 0 aliphatic carbocycles. The molecule has 6 heteroatoms. The molecule has 0 aliphatic rings. The van der Waals surface area contributed by atoms with Gasteiger partial charge in [0.25, 0.3) is 0 Å². The zero-order valence-electron chi connectivity index (χ0n) is 13.8. The van der Waals surface area contributed by atoms with Crippen molar-refractivity contribution >= 4 is 15.9 Å². The Kier molecular flexibility index (Phi) is 7.03. The van der Waals surface area contributed by atoms with Crippen molar-refractivity contribution in [1.82, 2.24) is 9.62 Å². The first kappa shape index (κ1) is 18.6. The van der Waals surface area contributed by atoms with Crippen LogP contribution in [0.1, 0.15) is 37.3 Å². The average Bonchev–Trinajstić information content (AvgIpc) is 2.46.